The molecule has 5 heteroatoms. The molecule has 0 N–H and O–H groups in total. The lowest BCUT2D eigenvalue weighted by molar-refractivity contribution is 0.508. The fourth-order valence-electron chi connectivity index (χ4n) is 1.36. The molecule has 80 valence electrons. The van der Waals surface area contributed by atoms with E-state index in [0.717, 1.165) is 31.7 Å². The van der Waals surface area contributed by atoms with Crippen LogP contribution in [-0.2, 0) is 4.57 Å². The lowest BCUT2D eigenvalue weighted by Crippen LogP contribution is -2.10. The first-order chi connectivity index (χ1) is 6.61. The van der Waals surface area contributed by atoms with Gasteiger partial charge in [0, 0.05) is 25.3 Å². The smallest absolute Gasteiger partial charge is 0.271 e. The zero-order valence-corrected chi connectivity index (χ0v) is 10.5. The molecule has 0 atom stereocenters. The lowest BCUT2D eigenvalue weighted by atomic mass is 10.4. The Morgan fingerprint density at radius 3 is 2.50 bits per heavy atom. The molecular formula is C9H17N2OPS. The van der Waals surface area contributed by atoms with Gasteiger partial charge in [0.2, 0.25) is 0 Å². The van der Waals surface area contributed by atoms with Gasteiger partial charge in [-0.25, -0.2) is 9.34 Å². The first kappa shape index (κ1) is 12.1. The SMILES string of the molecule is C#CCCCSP1(=O)N(C)CCN1C. The van der Waals surface area contributed by atoms with Crippen LogP contribution in [0.5, 0.6) is 0 Å². The van der Waals surface area contributed by atoms with Gasteiger partial charge in [-0.1, -0.05) is 11.4 Å². The van der Waals surface area contributed by atoms with Crippen molar-refractivity contribution in [1.29, 1.82) is 0 Å². The highest BCUT2D eigenvalue weighted by Crippen LogP contribution is 2.65. The summed E-state index contributed by atoms with van der Waals surface area (Å²) >= 11 is 1.55. The molecule has 0 amide bonds. The molecule has 0 aromatic carbocycles. The van der Waals surface area contributed by atoms with Gasteiger partial charge in [-0.3, -0.25) is 4.57 Å². The normalized spacial score (nSPS) is 22.4. The van der Waals surface area contributed by atoms with Crippen molar-refractivity contribution in [2.45, 2.75) is 12.8 Å². The topological polar surface area (TPSA) is 23.6 Å². The maximum Gasteiger partial charge on any atom is 0.271 e. The van der Waals surface area contributed by atoms with E-state index < -0.39 is 6.65 Å². The minimum Gasteiger partial charge on any atom is -0.277 e. The minimum atomic E-state index is -2.28. The van der Waals surface area contributed by atoms with Crippen molar-refractivity contribution in [3.63, 3.8) is 0 Å². The van der Waals surface area contributed by atoms with E-state index in [1.54, 1.807) is 11.4 Å². The number of likely N-dealkylation sites (N-methyl/N-ethyl adjacent to an activating group) is 2. The summed E-state index contributed by atoms with van der Waals surface area (Å²) in [6.07, 6.45) is 6.89. The number of unbranched alkanes of at least 4 members (excludes halogenated alkanes) is 1. The summed E-state index contributed by atoms with van der Waals surface area (Å²) in [5.41, 5.74) is 0. The third kappa shape index (κ3) is 2.55. The third-order valence-corrected chi connectivity index (χ3v) is 8.50. The van der Waals surface area contributed by atoms with Crippen molar-refractivity contribution >= 4 is 18.0 Å². The fraction of sp³-hybridized carbons (Fsp3) is 0.778. The molecule has 1 aliphatic heterocycles. The fourth-order valence-corrected chi connectivity index (χ4v) is 6.24. The summed E-state index contributed by atoms with van der Waals surface area (Å²) < 4.78 is 16.3. The molecule has 0 saturated carbocycles. The monoisotopic (exact) mass is 232 g/mol. The number of rotatable bonds is 4. The van der Waals surface area contributed by atoms with Crippen molar-refractivity contribution in [2.24, 2.45) is 0 Å². The van der Waals surface area contributed by atoms with E-state index >= 15 is 0 Å². The Balaban J connectivity index is 2.41. The molecule has 0 aromatic rings. The van der Waals surface area contributed by atoms with E-state index in [0.29, 0.717) is 0 Å². The Kier molecular flexibility index (Phi) is 4.53. The Bertz CT molecular complexity index is 262. The number of terminal acetylenes is 1. The van der Waals surface area contributed by atoms with Crippen LogP contribution in [0.3, 0.4) is 0 Å². The van der Waals surface area contributed by atoms with Gasteiger partial charge in [0.1, 0.15) is 0 Å². The quantitative estimate of drug-likeness (QED) is 0.421. The van der Waals surface area contributed by atoms with E-state index in [2.05, 4.69) is 5.92 Å². The molecule has 3 nitrogen and oxygen atoms in total. The van der Waals surface area contributed by atoms with E-state index in [1.807, 2.05) is 23.4 Å². The van der Waals surface area contributed by atoms with Gasteiger partial charge in [0.15, 0.2) is 0 Å². The molecule has 0 radical (unpaired) electrons. The molecule has 1 heterocycles. The van der Waals surface area contributed by atoms with Crippen molar-refractivity contribution in [3.05, 3.63) is 0 Å². The molecule has 14 heavy (non-hydrogen) atoms. The number of hydrogen-bond acceptors (Lipinski definition) is 2. The molecule has 1 fully saturated rings. The lowest BCUT2D eigenvalue weighted by Gasteiger charge is -2.23. The van der Waals surface area contributed by atoms with Crippen LogP contribution in [0.4, 0.5) is 0 Å². The standard InChI is InChI=1S/C9H17N2OPS/c1-4-5-6-9-14-13(12)10(2)7-8-11(13)3/h1H,5-9H2,2-3H3. The highest BCUT2D eigenvalue weighted by Gasteiger charge is 2.38. The average molecular weight is 232 g/mol. The van der Waals surface area contributed by atoms with Crippen LogP contribution in [0.1, 0.15) is 12.8 Å². The largest absolute Gasteiger partial charge is 0.277 e. The van der Waals surface area contributed by atoms with E-state index in [4.69, 9.17) is 6.42 Å². The molecule has 0 aromatic heterocycles. The second kappa shape index (κ2) is 5.23. The molecule has 1 saturated heterocycles. The van der Waals surface area contributed by atoms with Crippen LogP contribution >= 0.6 is 18.0 Å². The van der Waals surface area contributed by atoms with E-state index in [1.165, 1.54) is 0 Å². The highest BCUT2D eigenvalue weighted by atomic mass is 32.7. The Labute approximate surface area is 90.4 Å². The second-order valence-corrected chi connectivity index (χ2v) is 8.61. The Morgan fingerprint density at radius 2 is 2.00 bits per heavy atom. The Hall–Kier alpha value is 0.0600. The van der Waals surface area contributed by atoms with Crippen LogP contribution in [0, 0.1) is 12.3 Å². The Morgan fingerprint density at radius 1 is 1.43 bits per heavy atom. The second-order valence-electron chi connectivity index (χ2n) is 3.39. The maximum absolute atomic E-state index is 12.4. The number of hydrogen-bond donors (Lipinski definition) is 0. The van der Waals surface area contributed by atoms with Gasteiger partial charge in [-0.15, -0.1) is 12.3 Å². The zero-order valence-electron chi connectivity index (χ0n) is 8.77. The molecular weight excluding hydrogens is 215 g/mol. The summed E-state index contributed by atoms with van der Waals surface area (Å²) in [7, 11) is 3.86. The van der Waals surface area contributed by atoms with Crippen molar-refractivity contribution in [2.75, 3.05) is 32.9 Å². The molecule has 0 bridgehead atoms. The maximum atomic E-state index is 12.4. The van der Waals surface area contributed by atoms with E-state index in [-0.39, 0.29) is 0 Å². The van der Waals surface area contributed by atoms with Crippen molar-refractivity contribution < 1.29 is 4.57 Å². The van der Waals surface area contributed by atoms with Crippen LogP contribution in [0.2, 0.25) is 0 Å². The van der Waals surface area contributed by atoms with Gasteiger partial charge in [0.05, 0.1) is 0 Å². The molecule has 0 spiro atoms. The van der Waals surface area contributed by atoms with Crippen molar-refractivity contribution in [1.82, 2.24) is 9.34 Å². The van der Waals surface area contributed by atoms with Crippen LogP contribution in [0.15, 0.2) is 0 Å². The van der Waals surface area contributed by atoms with Gasteiger partial charge in [-0.2, -0.15) is 0 Å². The van der Waals surface area contributed by atoms with Gasteiger partial charge < -0.3 is 0 Å². The summed E-state index contributed by atoms with van der Waals surface area (Å²) in [5.74, 6) is 3.48. The van der Waals surface area contributed by atoms with Crippen molar-refractivity contribution in [3.8, 4) is 12.3 Å². The predicted molar refractivity (Wildman–Crippen MR) is 63.4 cm³/mol. The number of nitrogens with zero attached hydrogens (tertiary/aromatic N) is 2. The summed E-state index contributed by atoms with van der Waals surface area (Å²) in [6.45, 7) is -0.480. The van der Waals surface area contributed by atoms with Crippen LogP contribution in [0.25, 0.3) is 0 Å². The van der Waals surface area contributed by atoms with Gasteiger partial charge >= 0.3 is 0 Å². The first-order valence-corrected chi connectivity index (χ1v) is 7.93. The van der Waals surface area contributed by atoms with E-state index in [9.17, 15) is 4.57 Å². The highest BCUT2D eigenvalue weighted by molar-refractivity contribution is 8.56. The summed E-state index contributed by atoms with van der Waals surface area (Å²) in [6, 6.07) is 0. The summed E-state index contributed by atoms with van der Waals surface area (Å²) in [5, 5.41) is 0. The van der Waals surface area contributed by atoms with Crippen LogP contribution in [-0.4, -0.2) is 42.3 Å². The molecule has 1 rings (SSSR count). The predicted octanol–water partition coefficient (Wildman–Crippen LogP) is 2.12. The molecule has 0 unspecified atom stereocenters. The molecule has 1 aliphatic rings. The average Bonchev–Trinajstić information content (AvgIpc) is 2.42. The zero-order chi connectivity index (χ0) is 10.6. The third-order valence-electron chi connectivity index (χ3n) is 2.34. The summed E-state index contributed by atoms with van der Waals surface area (Å²) in [4.78, 5) is 0. The van der Waals surface area contributed by atoms with Crippen LogP contribution < -0.4 is 0 Å². The molecule has 0 aliphatic carbocycles. The first-order valence-electron chi connectivity index (χ1n) is 4.72. The van der Waals surface area contributed by atoms with Gasteiger partial charge in [-0.05, 0) is 20.5 Å². The minimum absolute atomic E-state index is 0.778. The van der Waals surface area contributed by atoms with Gasteiger partial charge in [0.25, 0.3) is 6.65 Å².